The van der Waals surface area contributed by atoms with E-state index in [9.17, 15) is 14.7 Å². The number of fused-ring (bicyclic) bond motifs is 3. The fourth-order valence-corrected chi connectivity index (χ4v) is 2.96. The van der Waals surface area contributed by atoms with Crippen LogP contribution in [-0.2, 0) is 17.6 Å². The largest absolute Gasteiger partial charge is 0.478 e. The van der Waals surface area contributed by atoms with Gasteiger partial charge in [0.25, 0.3) is 0 Å². The number of carboxylic acid groups (broad SMARTS) is 1. The molecule has 0 bridgehead atoms. The molecule has 20 heavy (non-hydrogen) atoms. The first-order chi connectivity index (χ1) is 9.49. The number of amides is 1. The number of aromatic nitrogens is 1. The van der Waals surface area contributed by atoms with Crippen molar-refractivity contribution in [3.8, 4) is 0 Å². The zero-order valence-electron chi connectivity index (χ0n) is 10.2. The molecule has 2 aromatic rings. The Morgan fingerprint density at radius 2 is 2.10 bits per heavy atom. The highest BCUT2D eigenvalue weighted by molar-refractivity contribution is 6.45. The average molecular weight is 313 g/mol. The van der Waals surface area contributed by atoms with E-state index in [0.717, 1.165) is 5.69 Å². The Balaban J connectivity index is 2.40. The number of carbonyl (C=O) groups is 2. The van der Waals surface area contributed by atoms with Crippen LogP contribution < -0.4 is 5.32 Å². The molecule has 1 aliphatic rings. The topological polar surface area (TPSA) is 82.2 Å². The monoisotopic (exact) mass is 312 g/mol. The molecule has 104 valence electrons. The van der Waals surface area contributed by atoms with Gasteiger partial charge in [-0.2, -0.15) is 0 Å². The normalized spacial score (nSPS) is 14.8. The van der Waals surface area contributed by atoms with Crippen molar-refractivity contribution in [2.45, 2.75) is 12.8 Å². The van der Waals surface area contributed by atoms with Gasteiger partial charge in [-0.3, -0.25) is 4.79 Å². The van der Waals surface area contributed by atoms with E-state index in [-0.39, 0.29) is 27.9 Å². The van der Waals surface area contributed by atoms with Crippen molar-refractivity contribution in [1.82, 2.24) is 10.3 Å². The second kappa shape index (κ2) is 4.68. The molecule has 0 spiro atoms. The zero-order chi connectivity index (χ0) is 14.4. The molecule has 0 saturated heterocycles. The van der Waals surface area contributed by atoms with E-state index < -0.39 is 5.97 Å². The lowest BCUT2D eigenvalue weighted by Crippen LogP contribution is -2.24. The van der Waals surface area contributed by atoms with Gasteiger partial charge in [0.1, 0.15) is 0 Å². The second-order valence-electron chi connectivity index (χ2n) is 4.63. The molecule has 1 amide bonds. The van der Waals surface area contributed by atoms with Crippen LogP contribution in [0.4, 0.5) is 0 Å². The third-order valence-electron chi connectivity index (χ3n) is 3.43. The average Bonchev–Trinajstić information content (AvgIpc) is 2.62. The van der Waals surface area contributed by atoms with Gasteiger partial charge in [-0.05, 0) is 11.6 Å². The fraction of sp³-hybridized carbons (Fsp3) is 0.231. The van der Waals surface area contributed by atoms with E-state index in [1.807, 2.05) is 0 Å². The Morgan fingerprint density at radius 3 is 2.80 bits per heavy atom. The molecule has 5 nitrogen and oxygen atoms in total. The number of aromatic amines is 1. The number of halogens is 2. The van der Waals surface area contributed by atoms with Gasteiger partial charge in [0, 0.05) is 24.0 Å². The molecule has 0 radical (unpaired) electrons. The molecule has 3 rings (SSSR count). The maximum Gasteiger partial charge on any atom is 0.336 e. The summed E-state index contributed by atoms with van der Waals surface area (Å²) in [6.45, 7) is 0.506. The van der Waals surface area contributed by atoms with E-state index >= 15 is 0 Å². The fourth-order valence-electron chi connectivity index (χ4n) is 2.56. The highest BCUT2D eigenvalue weighted by atomic mass is 35.5. The van der Waals surface area contributed by atoms with Crippen molar-refractivity contribution in [2.24, 2.45) is 0 Å². The van der Waals surface area contributed by atoms with Crippen LogP contribution in [0.1, 0.15) is 21.6 Å². The molecule has 1 aliphatic heterocycles. The second-order valence-corrected chi connectivity index (χ2v) is 5.42. The van der Waals surface area contributed by atoms with Gasteiger partial charge in [-0.1, -0.05) is 23.2 Å². The van der Waals surface area contributed by atoms with Crippen LogP contribution >= 0.6 is 23.2 Å². The molecular formula is C13H10Cl2N2O3. The Labute approximate surface area is 123 Å². The summed E-state index contributed by atoms with van der Waals surface area (Å²) in [4.78, 5) is 26.2. The van der Waals surface area contributed by atoms with Gasteiger partial charge in [-0.15, -0.1) is 0 Å². The smallest absolute Gasteiger partial charge is 0.336 e. The number of carboxylic acids is 1. The third-order valence-corrected chi connectivity index (χ3v) is 4.21. The van der Waals surface area contributed by atoms with Crippen LogP contribution in [0.2, 0.25) is 10.0 Å². The predicted molar refractivity (Wildman–Crippen MR) is 75.7 cm³/mol. The van der Waals surface area contributed by atoms with E-state index in [1.165, 1.54) is 6.07 Å². The van der Waals surface area contributed by atoms with E-state index in [0.29, 0.717) is 29.4 Å². The molecule has 0 saturated carbocycles. The van der Waals surface area contributed by atoms with Crippen LogP contribution in [0.25, 0.3) is 10.9 Å². The van der Waals surface area contributed by atoms with Crippen molar-refractivity contribution >= 4 is 46.0 Å². The number of aromatic carboxylic acids is 1. The van der Waals surface area contributed by atoms with Crippen molar-refractivity contribution in [3.63, 3.8) is 0 Å². The van der Waals surface area contributed by atoms with Crippen LogP contribution in [0.3, 0.4) is 0 Å². The van der Waals surface area contributed by atoms with Gasteiger partial charge in [0.05, 0.1) is 27.5 Å². The first kappa shape index (κ1) is 13.3. The minimum atomic E-state index is -1.10. The maximum absolute atomic E-state index is 11.7. The summed E-state index contributed by atoms with van der Waals surface area (Å²) in [6, 6.07) is 1.32. The summed E-state index contributed by atoms with van der Waals surface area (Å²) in [5, 5.41) is 13.0. The molecule has 0 aliphatic carbocycles. The number of rotatable bonds is 1. The van der Waals surface area contributed by atoms with E-state index in [4.69, 9.17) is 23.2 Å². The quantitative estimate of drug-likeness (QED) is 0.756. The molecular weight excluding hydrogens is 303 g/mol. The number of hydrogen-bond donors (Lipinski definition) is 3. The minimum absolute atomic E-state index is 0.0570. The SMILES string of the molecule is O=C1Cc2c([nH]c3c(Cl)c(Cl)cc(C(=O)O)c23)CCN1. The van der Waals surface area contributed by atoms with Crippen LogP contribution in [0.5, 0.6) is 0 Å². The summed E-state index contributed by atoms with van der Waals surface area (Å²) < 4.78 is 0. The number of benzene rings is 1. The highest BCUT2D eigenvalue weighted by Gasteiger charge is 2.24. The zero-order valence-corrected chi connectivity index (χ0v) is 11.7. The van der Waals surface area contributed by atoms with Crippen molar-refractivity contribution in [3.05, 3.63) is 32.9 Å². The summed E-state index contributed by atoms with van der Waals surface area (Å²) in [6.07, 6.45) is 0.732. The molecule has 0 fully saturated rings. The Kier molecular flexibility index (Phi) is 3.11. The molecule has 0 atom stereocenters. The molecule has 0 unspecified atom stereocenters. The third kappa shape index (κ3) is 1.94. The molecule has 7 heteroatoms. The predicted octanol–water partition coefficient (Wildman–Crippen LogP) is 2.39. The summed E-state index contributed by atoms with van der Waals surface area (Å²) in [5.41, 5.74) is 2.05. The van der Waals surface area contributed by atoms with Crippen LogP contribution in [0.15, 0.2) is 6.07 Å². The Bertz CT molecular complexity index is 752. The first-order valence-corrected chi connectivity index (χ1v) is 6.76. The van der Waals surface area contributed by atoms with Crippen molar-refractivity contribution < 1.29 is 14.7 Å². The highest BCUT2D eigenvalue weighted by Crippen LogP contribution is 2.37. The van der Waals surface area contributed by atoms with Crippen molar-refractivity contribution in [1.29, 1.82) is 0 Å². The lowest BCUT2D eigenvalue weighted by Gasteiger charge is -2.05. The van der Waals surface area contributed by atoms with Gasteiger partial charge in [0.15, 0.2) is 0 Å². The van der Waals surface area contributed by atoms with Gasteiger partial charge < -0.3 is 15.4 Å². The summed E-state index contributed by atoms with van der Waals surface area (Å²) in [7, 11) is 0. The van der Waals surface area contributed by atoms with Crippen LogP contribution in [-0.4, -0.2) is 28.5 Å². The lowest BCUT2D eigenvalue weighted by atomic mass is 10.0. The maximum atomic E-state index is 11.7. The van der Waals surface area contributed by atoms with Crippen molar-refractivity contribution in [2.75, 3.05) is 6.54 Å². The van der Waals surface area contributed by atoms with Crippen LogP contribution in [0, 0.1) is 0 Å². The van der Waals surface area contributed by atoms with Gasteiger partial charge in [-0.25, -0.2) is 4.79 Å². The first-order valence-electron chi connectivity index (χ1n) is 6.00. The van der Waals surface area contributed by atoms with E-state index in [2.05, 4.69) is 10.3 Å². The molecule has 1 aromatic carbocycles. The lowest BCUT2D eigenvalue weighted by molar-refractivity contribution is -0.120. The molecule has 2 heterocycles. The van der Waals surface area contributed by atoms with Gasteiger partial charge in [0.2, 0.25) is 5.91 Å². The van der Waals surface area contributed by atoms with Gasteiger partial charge >= 0.3 is 5.97 Å². The molecule has 1 aromatic heterocycles. The number of H-pyrrole nitrogens is 1. The summed E-state index contributed by atoms with van der Waals surface area (Å²) in [5.74, 6) is -1.23. The number of carbonyl (C=O) groups excluding carboxylic acids is 1. The Morgan fingerprint density at radius 1 is 1.35 bits per heavy atom. The van der Waals surface area contributed by atoms with E-state index in [1.54, 1.807) is 0 Å². The minimum Gasteiger partial charge on any atom is -0.478 e. The summed E-state index contributed by atoms with van der Waals surface area (Å²) >= 11 is 12.1. The molecule has 3 N–H and O–H groups in total. The number of hydrogen-bond acceptors (Lipinski definition) is 2. The Hall–Kier alpha value is -1.72. The number of nitrogens with one attached hydrogen (secondary N) is 2. The standard InChI is InChI=1S/C13H10Cl2N2O3/c14-7-3-6(13(19)20)10-5-4-9(18)16-2-1-8(5)17-12(10)11(7)15/h3,17H,1-2,4H2,(H,16,18)(H,19,20).